The first-order chi connectivity index (χ1) is 19.6. The minimum Gasteiger partial charge on any atom is -0.456 e. The summed E-state index contributed by atoms with van der Waals surface area (Å²) in [5.74, 6) is -2.22. The third-order valence-electron chi connectivity index (χ3n) is 6.16. The quantitative estimate of drug-likeness (QED) is 0.276. The Morgan fingerprint density at radius 3 is 2.36 bits per heavy atom. The SMILES string of the molecule is Cc1cc(-n2ccc(NC(=O)[C@H]3CCCN3C(=O)Nc3ccc(OC(F)(F)F)cc3)n2)c(F)cc1C(=O)OC(C)(C)C. The van der Waals surface area contributed by atoms with E-state index in [1.807, 2.05) is 0 Å². The molecule has 3 aromatic rings. The summed E-state index contributed by atoms with van der Waals surface area (Å²) in [6, 6.07) is 7.14. The summed E-state index contributed by atoms with van der Waals surface area (Å²) in [4.78, 5) is 39.6. The zero-order chi connectivity index (χ0) is 30.8. The van der Waals surface area contributed by atoms with Crippen LogP contribution in [0.5, 0.6) is 5.75 Å². The summed E-state index contributed by atoms with van der Waals surface area (Å²) in [6.45, 7) is 7.04. The van der Waals surface area contributed by atoms with E-state index in [2.05, 4.69) is 20.5 Å². The number of ether oxygens (including phenoxy) is 2. The number of amides is 3. The molecular formula is C28H29F4N5O5. The number of esters is 1. The van der Waals surface area contributed by atoms with Crippen LogP contribution in [-0.4, -0.2) is 57.1 Å². The number of halogens is 4. The lowest BCUT2D eigenvalue weighted by molar-refractivity contribution is -0.274. The van der Waals surface area contributed by atoms with Gasteiger partial charge in [-0.15, -0.1) is 18.3 Å². The van der Waals surface area contributed by atoms with E-state index in [9.17, 15) is 31.9 Å². The van der Waals surface area contributed by atoms with Crippen molar-refractivity contribution in [2.24, 2.45) is 0 Å². The van der Waals surface area contributed by atoms with E-state index in [4.69, 9.17) is 4.74 Å². The molecule has 1 fully saturated rings. The van der Waals surface area contributed by atoms with E-state index >= 15 is 0 Å². The number of hydrogen-bond acceptors (Lipinski definition) is 6. The number of likely N-dealkylation sites (tertiary alicyclic amines) is 1. The minimum absolute atomic E-state index is 0.0498. The lowest BCUT2D eigenvalue weighted by Crippen LogP contribution is -2.45. The van der Waals surface area contributed by atoms with Gasteiger partial charge in [0.05, 0.1) is 5.56 Å². The highest BCUT2D eigenvalue weighted by molar-refractivity contribution is 5.99. The van der Waals surface area contributed by atoms with Gasteiger partial charge in [-0.2, -0.15) is 0 Å². The topological polar surface area (TPSA) is 115 Å². The van der Waals surface area contributed by atoms with Gasteiger partial charge in [0.15, 0.2) is 5.82 Å². The number of benzene rings is 2. The van der Waals surface area contributed by atoms with E-state index in [1.54, 1.807) is 27.7 Å². The van der Waals surface area contributed by atoms with Crippen molar-refractivity contribution in [3.05, 3.63) is 65.6 Å². The van der Waals surface area contributed by atoms with Crippen molar-refractivity contribution in [3.63, 3.8) is 0 Å². The van der Waals surface area contributed by atoms with Crippen LogP contribution in [0, 0.1) is 12.7 Å². The van der Waals surface area contributed by atoms with E-state index in [0.717, 1.165) is 18.2 Å². The lowest BCUT2D eigenvalue weighted by atomic mass is 10.1. The maximum Gasteiger partial charge on any atom is 0.573 e. The molecule has 2 heterocycles. The van der Waals surface area contributed by atoms with Crippen molar-refractivity contribution in [2.45, 2.75) is 58.5 Å². The molecule has 0 aliphatic carbocycles. The Morgan fingerprint density at radius 2 is 1.71 bits per heavy atom. The summed E-state index contributed by atoms with van der Waals surface area (Å²) >= 11 is 0. The van der Waals surface area contributed by atoms with Crippen molar-refractivity contribution >= 4 is 29.4 Å². The average Bonchev–Trinajstić information content (AvgIpc) is 3.54. The molecule has 2 aromatic carbocycles. The number of hydrogen-bond donors (Lipinski definition) is 2. The molecule has 2 N–H and O–H groups in total. The lowest BCUT2D eigenvalue weighted by Gasteiger charge is -2.24. The highest BCUT2D eigenvalue weighted by atomic mass is 19.4. The van der Waals surface area contributed by atoms with Crippen LogP contribution in [0.4, 0.5) is 33.9 Å². The number of carbonyl (C=O) groups is 3. The van der Waals surface area contributed by atoms with Gasteiger partial charge in [-0.3, -0.25) is 4.79 Å². The number of nitrogens with one attached hydrogen (secondary N) is 2. The monoisotopic (exact) mass is 591 g/mol. The first-order valence-electron chi connectivity index (χ1n) is 12.9. The molecule has 0 bridgehead atoms. The predicted molar refractivity (Wildman–Crippen MR) is 144 cm³/mol. The standard InChI is InChI=1S/C28H29F4N5O5/c1-16-14-22(20(29)15-19(16)25(39)42-27(2,3)4)37-13-11-23(35-37)34-24(38)21-6-5-12-36(21)26(40)33-17-7-9-18(10-8-17)41-28(30,31)32/h7-11,13-15,21H,5-6,12H2,1-4H3,(H,33,40)(H,34,35,38)/t21-/m1/s1. The van der Waals surface area contributed by atoms with Crippen molar-refractivity contribution in [3.8, 4) is 11.4 Å². The maximum absolute atomic E-state index is 15.0. The Balaban J connectivity index is 1.40. The molecule has 0 spiro atoms. The number of aromatic nitrogens is 2. The molecule has 1 saturated heterocycles. The first kappa shape index (κ1) is 30.3. The molecule has 1 aliphatic rings. The smallest absolute Gasteiger partial charge is 0.456 e. The molecule has 42 heavy (non-hydrogen) atoms. The second-order valence-electron chi connectivity index (χ2n) is 10.6. The van der Waals surface area contributed by atoms with Crippen LogP contribution in [0.2, 0.25) is 0 Å². The normalized spacial score (nSPS) is 15.3. The third kappa shape index (κ3) is 7.56. The predicted octanol–water partition coefficient (Wildman–Crippen LogP) is 5.81. The van der Waals surface area contributed by atoms with E-state index in [1.165, 1.54) is 40.0 Å². The number of aryl methyl sites for hydroxylation is 1. The molecule has 10 nitrogen and oxygen atoms in total. The van der Waals surface area contributed by atoms with E-state index in [0.29, 0.717) is 18.4 Å². The Hall–Kier alpha value is -4.62. The second kappa shape index (κ2) is 11.7. The van der Waals surface area contributed by atoms with Crippen LogP contribution >= 0.6 is 0 Å². The van der Waals surface area contributed by atoms with Gasteiger partial charge >= 0.3 is 18.4 Å². The molecule has 0 saturated carbocycles. The fourth-order valence-electron chi connectivity index (χ4n) is 4.35. The Labute approximate surface area is 238 Å². The average molecular weight is 592 g/mol. The third-order valence-corrected chi connectivity index (χ3v) is 6.16. The molecule has 14 heteroatoms. The number of rotatable bonds is 6. The highest BCUT2D eigenvalue weighted by Crippen LogP contribution is 2.26. The van der Waals surface area contributed by atoms with Gasteiger partial charge in [-0.1, -0.05) is 0 Å². The van der Waals surface area contributed by atoms with Crippen molar-refractivity contribution < 1.29 is 41.4 Å². The minimum atomic E-state index is -4.84. The molecule has 224 valence electrons. The molecule has 1 aromatic heterocycles. The van der Waals surface area contributed by atoms with E-state index in [-0.39, 0.29) is 29.3 Å². The molecule has 0 unspecified atom stereocenters. The number of urea groups is 1. The van der Waals surface area contributed by atoms with Crippen molar-refractivity contribution in [1.29, 1.82) is 0 Å². The van der Waals surface area contributed by atoms with Gasteiger partial charge in [0.2, 0.25) is 5.91 Å². The molecule has 0 radical (unpaired) electrons. The van der Waals surface area contributed by atoms with Crippen LogP contribution in [0.3, 0.4) is 0 Å². The molecular weight excluding hydrogens is 562 g/mol. The van der Waals surface area contributed by atoms with Crippen LogP contribution in [0.25, 0.3) is 5.69 Å². The van der Waals surface area contributed by atoms with Gasteiger partial charge in [0, 0.05) is 24.5 Å². The van der Waals surface area contributed by atoms with Crippen LogP contribution in [0.15, 0.2) is 48.7 Å². The van der Waals surface area contributed by atoms with E-state index < -0.39 is 47.5 Å². The van der Waals surface area contributed by atoms with Crippen LogP contribution in [0.1, 0.15) is 49.5 Å². The summed E-state index contributed by atoms with van der Waals surface area (Å²) in [5, 5.41) is 9.41. The van der Waals surface area contributed by atoms with Gasteiger partial charge in [-0.25, -0.2) is 18.7 Å². The first-order valence-corrected chi connectivity index (χ1v) is 12.9. The summed E-state index contributed by atoms with van der Waals surface area (Å²) < 4.78 is 62.4. The molecule has 1 aliphatic heterocycles. The molecule has 4 rings (SSSR count). The fourth-order valence-corrected chi connectivity index (χ4v) is 4.35. The Bertz CT molecular complexity index is 1480. The van der Waals surface area contributed by atoms with Gasteiger partial charge in [0.1, 0.15) is 28.9 Å². The van der Waals surface area contributed by atoms with Crippen LogP contribution < -0.4 is 15.4 Å². The zero-order valence-corrected chi connectivity index (χ0v) is 23.2. The second-order valence-corrected chi connectivity index (χ2v) is 10.6. The highest BCUT2D eigenvalue weighted by Gasteiger charge is 2.35. The molecule has 3 amide bonds. The Kier molecular flexibility index (Phi) is 8.45. The summed E-state index contributed by atoms with van der Waals surface area (Å²) in [6.07, 6.45) is -2.48. The van der Waals surface area contributed by atoms with Crippen molar-refractivity contribution in [1.82, 2.24) is 14.7 Å². The largest absolute Gasteiger partial charge is 0.573 e. The molecule has 1 atom stereocenters. The van der Waals surface area contributed by atoms with Gasteiger partial charge in [-0.05, 0) is 82.5 Å². The maximum atomic E-state index is 15.0. The summed E-state index contributed by atoms with van der Waals surface area (Å²) in [7, 11) is 0. The van der Waals surface area contributed by atoms with Crippen molar-refractivity contribution in [2.75, 3.05) is 17.2 Å². The summed E-state index contributed by atoms with van der Waals surface area (Å²) in [5.41, 5.74) is 0.0707. The fraction of sp³-hybridized carbons (Fsp3) is 0.357. The van der Waals surface area contributed by atoms with Crippen LogP contribution in [-0.2, 0) is 9.53 Å². The Morgan fingerprint density at radius 1 is 1.02 bits per heavy atom. The zero-order valence-electron chi connectivity index (χ0n) is 23.2. The number of carbonyl (C=O) groups excluding carboxylic acids is 3. The van der Waals surface area contributed by atoms with Gasteiger partial charge < -0.3 is 25.0 Å². The van der Waals surface area contributed by atoms with Gasteiger partial charge in [0.25, 0.3) is 0 Å². The number of anilines is 2. The number of nitrogens with zero attached hydrogens (tertiary/aromatic N) is 3. The number of alkyl halides is 3.